The Morgan fingerprint density at radius 2 is 2.21 bits per heavy atom. The fourth-order valence-electron chi connectivity index (χ4n) is 1.09. The van der Waals surface area contributed by atoms with E-state index in [0.717, 1.165) is 0 Å². The number of carbonyl (C=O) groups is 1. The third-order valence-electron chi connectivity index (χ3n) is 2.00. The van der Waals surface area contributed by atoms with Gasteiger partial charge in [-0.15, -0.1) is 0 Å². The minimum atomic E-state index is -0.425. The van der Waals surface area contributed by atoms with Crippen molar-refractivity contribution in [1.29, 1.82) is 0 Å². The maximum atomic E-state index is 13.1. The van der Waals surface area contributed by atoms with Gasteiger partial charge in [-0.1, -0.05) is 6.07 Å². The molecule has 1 atom stereocenters. The van der Waals surface area contributed by atoms with E-state index in [2.05, 4.69) is 4.74 Å². The van der Waals surface area contributed by atoms with Gasteiger partial charge in [0.15, 0.2) is 0 Å². The highest BCUT2D eigenvalue weighted by Crippen LogP contribution is 2.20. The van der Waals surface area contributed by atoms with Gasteiger partial charge in [0.2, 0.25) is 0 Å². The number of halogens is 2. The molecule has 0 unspecified atom stereocenters. The first kappa shape index (κ1) is 11.4. The molecular weight excluding hydrogens is 298 g/mol. The standard InChI is InChI=1S/C10H10FIO2/c1-6(10(13)14-2)7-3-4-9(12)8(11)5-7/h3-6H,1-2H3/t6-/m1/s1. The molecule has 0 aliphatic rings. The summed E-state index contributed by atoms with van der Waals surface area (Å²) in [6.07, 6.45) is 0. The Labute approximate surface area is 95.6 Å². The summed E-state index contributed by atoms with van der Waals surface area (Å²) in [5.41, 5.74) is 0.634. The lowest BCUT2D eigenvalue weighted by Crippen LogP contribution is -2.11. The highest BCUT2D eigenvalue weighted by molar-refractivity contribution is 14.1. The monoisotopic (exact) mass is 308 g/mol. The summed E-state index contributed by atoms with van der Waals surface area (Å²) in [6, 6.07) is 4.74. The topological polar surface area (TPSA) is 26.3 Å². The van der Waals surface area contributed by atoms with Gasteiger partial charge in [-0.2, -0.15) is 0 Å². The molecule has 4 heteroatoms. The first-order chi connectivity index (χ1) is 6.56. The number of rotatable bonds is 2. The van der Waals surface area contributed by atoms with E-state index in [0.29, 0.717) is 9.13 Å². The van der Waals surface area contributed by atoms with E-state index in [1.165, 1.54) is 13.2 Å². The third kappa shape index (κ3) is 2.43. The van der Waals surface area contributed by atoms with Gasteiger partial charge in [0, 0.05) is 3.57 Å². The second-order valence-corrected chi connectivity index (χ2v) is 4.08. The van der Waals surface area contributed by atoms with Gasteiger partial charge >= 0.3 is 5.97 Å². The van der Waals surface area contributed by atoms with Crippen molar-refractivity contribution in [3.8, 4) is 0 Å². The number of methoxy groups -OCH3 is 1. The van der Waals surface area contributed by atoms with Gasteiger partial charge < -0.3 is 4.74 Å². The quantitative estimate of drug-likeness (QED) is 0.620. The van der Waals surface area contributed by atoms with E-state index in [1.54, 1.807) is 19.1 Å². The summed E-state index contributed by atoms with van der Waals surface area (Å²) >= 11 is 1.90. The average molecular weight is 308 g/mol. The molecule has 0 saturated heterocycles. The third-order valence-corrected chi connectivity index (χ3v) is 2.87. The van der Waals surface area contributed by atoms with Crippen LogP contribution in [0.15, 0.2) is 18.2 Å². The molecule has 0 bridgehead atoms. The van der Waals surface area contributed by atoms with Crippen LogP contribution >= 0.6 is 22.6 Å². The zero-order valence-corrected chi connectivity index (χ0v) is 10.0. The van der Waals surface area contributed by atoms with E-state index >= 15 is 0 Å². The number of benzene rings is 1. The van der Waals surface area contributed by atoms with E-state index in [-0.39, 0.29) is 11.8 Å². The summed E-state index contributed by atoms with van der Waals surface area (Å²) in [4.78, 5) is 11.2. The minimum absolute atomic E-state index is 0.307. The molecule has 2 nitrogen and oxygen atoms in total. The van der Waals surface area contributed by atoms with Gasteiger partial charge in [0.1, 0.15) is 5.82 Å². The summed E-state index contributed by atoms with van der Waals surface area (Å²) in [5.74, 6) is -1.09. The van der Waals surface area contributed by atoms with Crippen LogP contribution < -0.4 is 0 Å². The summed E-state index contributed by atoms with van der Waals surface area (Å²) in [7, 11) is 1.32. The predicted octanol–water partition coefficient (Wildman–Crippen LogP) is 2.71. The van der Waals surface area contributed by atoms with Crippen LogP contribution in [0.5, 0.6) is 0 Å². The molecule has 76 valence electrons. The van der Waals surface area contributed by atoms with Crippen molar-refractivity contribution in [2.45, 2.75) is 12.8 Å². The van der Waals surface area contributed by atoms with Crippen molar-refractivity contribution < 1.29 is 13.9 Å². The van der Waals surface area contributed by atoms with Gasteiger partial charge in [-0.3, -0.25) is 4.79 Å². The fraction of sp³-hybridized carbons (Fsp3) is 0.300. The van der Waals surface area contributed by atoms with Crippen LogP contribution in [0.25, 0.3) is 0 Å². The smallest absolute Gasteiger partial charge is 0.312 e. The molecule has 0 heterocycles. The Kier molecular flexibility index (Phi) is 3.86. The number of carbonyl (C=O) groups excluding carboxylic acids is 1. The molecule has 0 aromatic heterocycles. The fourth-order valence-corrected chi connectivity index (χ4v) is 1.43. The minimum Gasteiger partial charge on any atom is -0.469 e. The molecule has 0 spiro atoms. The SMILES string of the molecule is COC(=O)[C@H](C)c1ccc(I)c(F)c1. The molecule has 0 aliphatic carbocycles. The average Bonchev–Trinajstić information content (AvgIpc) is 2.20. The second-order valence-electron chi connectivity index (χ2n) is 2.92. The van der Waals surface area contributed by atoms with Crippen LogP contribution in [0.3, 0.4) is 0 Å². The van der Waals surface area contributed by atoms with Crippen LogP contribution in [0, 0.1) is 9.39 Å². The molecule has 0 fully saturated rings. The van der Waals surface area contributed by atoms with Crippen molar-refractivity contribution in [1.82, 2.24) is 0 Å². The Hall–Kier alpha value is -0.650. The van der Waals surface area contributed by atoms with E-state index in [1.807, 2.05) is 22.6 Å². The van der Waals surface area contributed by atoms with Crippen LogP contribution in [-0.2, 0) is 9.53 Å². The first-order valence-electron chi connectivity index (χ1n) is 4.09. The highest BCUT2D eigenvalue weighted by Gasteiger charge is 2.16. The molecule has 0 aliphatic heterocycles. The normalized spacial score (nSPS) is 12.3. The Balaban J connectivity index is 2.96. The summed E-state index contributed by atoms with van der Waals surface area (Å²) in [6.45, 7) is 1.69. The molecule has 0 amide bonds. The lowest BCUT2D eigenvalue weighted by molar-refractivity contribution is -0.141. The molecule has 0 radical (unpaired) electrons. The van der Waals surface area contributed by atoms with Crippen LogP contribution in [-0.4, -0.2) is 13.1 Å². The maximum absolute atomic E-state index is 13.1. The second kappa shape index (κ2) is 4.72. The van der Waals surface area contributed by atoms with E-state index < -0.39 is 5.92 Å². The number of hydrogen-bond acceptors (Lipinski definition) is 2. The van der Waals surface area contributed by atoms with Crippen molar-refractivity contribution in [2.24, 2.45) is 0 Å². The zero-order chi connectivity index (χ0) is 10.7. The van der Waals surface area contributed by atoms with Crippen LogP contribution in [0.4, 0.5) is 4.39 Å². The van der Waals surface area contributed by atoms with Gasteiger partial charge in [0.05, 0.1) is 13.0 Å². The summed E-state index contributed by atoms with van der Waals surface area (Å²) in [5, 5.41) is 0. The van der Waals surface area contributed by atoms with Crippen molar-refractivity contribution >= 4 is 28.6 Å². The lowest BCUT2D eigenvalue weighted by Gasteiger charge is -2.09. The van der Waals surface area contributed by atoms with E-state index in [4.69, 9.17) is 0 Å². The Bertz CT molecular complexity index is 352. The molecule has 0 N–H and O–H groups in total. The summed E-state index contributed by atoms with van der Waals surface area (Å²) < 4.78 is 18.3. The largest absolute Gasteiger partial charge is 0.469 e. The predicted molar refractivity (Wildman–Crippen MR) is 59.5 cm³/mol. The van der Waals surface area contributed by atoms with Gasteiger partial charge in [-0.25, -0.2) is 4.39 Å². The van der Waals surface area contributed by atoms with Crippen LogP contribution in [0.2, 0.25) is 0 Å². The van der Waals surface area contributed by atoms with Crippen LogP contribution in [0.1, 0.15) is 18.4 Å². The number of hydrogen-bond donors (Lipinski definition) is 0. The molecule has 1 aromatic rings. The van der Waals surface area contributed by atoms with E-state index in [9.17, 15) is 9.18 Å². The van der Waals surface area contributed by atoms with Crippen molar-refractivity contribution in [3.63, 3.8) is 0 Å². The number of ether oxygens (including phenoxy) is 1. The maximum Gasteiger partial charge on any atom is 0.312 e. The molecule has 1 rings (SSSR count). The molecular formula is C10H10FIO2. The first-order valence-corrected chi connectivity index (χ1v) is 5.17. The zero-order valence-electron chi connectivity index (χ0n) is 7.88. The van der Waals surface area contributed by atoms with Crippen molar-refractivity contribution in [3.05, 3.63) is 33.1 Å². The lowest BCUT2D eigenvalue weighted by atomic mass is 10.0. The number of esters is 1. The molecule has 0 saturated carbocycles. The van der Waals surface area contributed by atoms with Gasteiger partial charge in [0.25, 0.3) is 0 Å². The Morgan fingerprint density at radius 1 is 1.57 bits per heavy atom. The molecule has 1 aromatic carbocycles. The van der Waals surface area contributed by atoms with Gasteiger partial charge in [-0.05, 0) is 47.2 Å². The Morgan fingerprint density at radius 3 is 2.71 bits per heavy atom. The molecule has 14 heavy (non-hydrogen) atoms. The van der Waals surface area contributed by atoms with Crippen molar-refractivity contribution in [2.75, 3.05) is 7.11 Å². The highest BCUT2D eigenvalue weighted by atomic mass is 127.